The van der Waals surface area contributed by atoms with Crippen LogP contribution in [0.15, 0.2) is 12.1 Å². The largest absolute Gasteiger partial charge is 0.238 e. The molecule has 0 heterocycles. The Kier molecular flexibility index (Phi) is 5.95. The van der Waals surface area contributed by atoms with Crippen LogP contribution in [0.5, 0.6) is 0 Å². The summed E-state index contributed by atoms with van der Waals surface area (Å²) >= 11 is 0. The second-order valence-corrected chi connectivity index (χ2v) is 4.54. The molecule has 94 valence electrons. The zero-order valence-corrected chi connectivity index (χ0v) is 11.3. The predicted octanol–water partition coefficient (Wildman–Crippen LogP) is 5.47. The van der Waals surface area contributed by atoms with Crippen molar-refractivity contribution >= 4 is 11.4 Å². The molecule has 2 nitrogen and oxygen atoms in total. The van der Waals surface area contributed by atoms with Crippen LogP contribution in [0.2, 0.25) is 0 Å². The van der Waals surface area contributed by atoms with E-state index in [9.17, 15) is 0 Å². The molecule has 0 radical (unpaired) electrons. The van der Waals surface area contributed by atoms with Crippen LogP contribution in [0.4, 0.5) is 11.4 Å². The zero-order valence-electron chi connectivity index (χ0n) is 11.3. The third-order valence-electron chi connectivity index (χ3n) is 3.12. The Bertz CT molecular complexity index is 429. The monoisotopic (exact) mass is 240 g/mol. The van der Waals surface area contributed by atoms with Gasteiger partial charge in [0, 0.05) is 0 Å². The summed E-state index contributed by atoms with van der Waals surface area (Å²) in [6, 6.07) is 3.86. The van der Waals surface area contributed by atoms with Crippen LogP contribution < -0.4 is 0 Å². The van der Waals surface area contributed by atoms with Gasteiger partial charge in [0.2, 0.25) is 0 Å². The van der Waals surface area contributed by atoms with Crippen LogP contribution in [0.25, 0.3) is 9.69 Å². The van der Waals surface area contributed by atoms with E-state index in [2.05, 4.69) is 23.5 Å². The fraction of sp³-hybridized carbons (Fsp3) is 0.500. The van der Waals surface area contributed by atoms with Crippen molar-refractivity contribution in [1.82, 2.24) is 0 Å². The van der Waals surface area contributed by atoms with Crippen molar-refractivity contribution < 1.29 is 0 Å². The van der Waals surface area contributed by atoms with Gasteiger partial charge >= 0.3 is 0 Å². The van der Waals surface area contributed by atoms with E-state index in [0.29, 0.717) is 0 Å². The highest BCUT2D eigenvalue weighted by Gasteiger charge is 2.09. The molecule has 0 atom stereocenters. The van der Waals surface area contributed by atoms with E-state index in [1.807, 2.05) is 12.1 Å². The third-order valence-corrected chi connectivity index (χ3v) is 3.12. The highest BCUT2D eigenvalue weighted by atomic mass is 14.7. The molecule has 0 amide bonds. The molecule has 1 rings (SSSR count). The predicted molar refractivity (Wildman–Crippen MR) is 76.2 cm³/mol. The van der Waals surface area contributed by atoms with Crippen molar-refractivity contribution in [1.29, 1.82) is 0 Å². The lowest BCUT2D eigenvalue weighted by molar-refractivity contribution is 0.789. The van der Waals surface area contributed by atoms with Crippen molar-refractivity contribution in [3.63, 3.8) is 0 Å². The minimum atomic E-state index is 0.738. The Balaban J connectivity index is 3.08. The Morgan fingerprint density at radius 3 is 1.50 bits per heavy atom. The van der Waals surface area contributed by atoms with E-state index in [-0.39, 0.29) is 0 Å². The molecule has 0 fully saturated rings. The molecule has 0 aliphatic heterocycles. The summed E-state index contributed by atoms with van der Waals surface area (Å²) in [5, 5.41) is 0. The van der Waals surface area contributed by atoms with Gasteiger partial charge in [-0.3, -0.25) is 0 Å². The highest BCUT2D eigenvalue weighted by molar-refractivity contribution is 5.65. The van der Waals surface area contributed by atoms with E-state index < -0.39 is 0 Å². The number of hydrogen-bond donors (Lipinski definition) is 0. The first-order valence-electron chi connectivity index (χ1n) is 6.67. The van der Waals surface area contributed by atoms with E-state index in [0.717, 1.165) is 61.0 Å². The van der Waals surface area contributed by atoms with Gasteiger partial charge < -0.3 is 0 Å². The fourth-order valence-corrected chi connectivity index (χ4v) is 2.01. The summed E-state index contributed by atoms with van der Waals surface area (Å²) in [4.78, 5) is 7.23. The molecule has 2 heteroatoms. The number of benzene rings is 1. The average Bonchev–Trinajstić information content (AvgIpc) is 2.42. The number of rotatable bonds is 6. The number of unbranched alkanes of at least 4 members (excludes halogenated alkanes) is 2. The van der Waals surface area contributed by atoms with Crippen molar-refractivity contribution in [2.75, 3.05) is 0 Å². The third kappa shape index (κ3) is 3.60. The van der Waals surface area contributed by atoms with Crippen molar-refractivity contribution in [3.05, 3.63) is 46.1 Å². The molecule has 1 aromatic rings. The lowest BCUT2D eigenvalue weighted by Crippen LogP contribution is -1.90. The molecule has 0 aliphatic carbocycles. The SMILES string of the molecule is [C-]#[N+]c1cc(CCCC)c([N+]#[C-])cc1CCCC. The molecule has 0 saturated carbocycles. The first-order valence-corrected chi connectivity index (χ1v) is 6.67. The maximum Gasteiger partial charge on any atom is 0.188 e. The second-order valence-electron chi connectivity index (χ2n) is 4.54. The molecule has 0 unspecified atom stereocenters. The summed E-state index contributed by atoms with van der Waals surface area (Å²) in [6.45, 7) is 18.8. The van der Waals surface area contributed by atoms with E-state index in [1.165, 1.54) is 0 Å². The van der Waals surface area contributed by atoms with Gasteiger partial charge in [-0.25, -0.2) is 9.69 Å². The molecule has 0 bridgehead atoms. The van der Waals surface area contributed by atoms with Crippen LogP contribution in [0, 0.1) is 13.1 Å². The van der Waals surface area contributed by atoms with Crippen molar-refractivity contribution in [3.8, 4) is 0 Å². The van der Waals surface area contributed by atoms with Gasteiger partial charge in [-0.1, -0.05) is 62.8 Å². The summed E-state index contributed by atoms with van der Waals surface area (Å²) in [5.74, 6) is 0. The number of hydrogen-bond acceptors (Lipinski definition) is 0. The van der Waals surface area contributed by atoms with Crippen LogP contribution >= 0.6 is 0 Å². The molecule has 0 spiro atoms. The Morgan fingerprint density at radius 2 is 1.22 bits per heavy atom. The van der Waals surface area contributed by atoms with Crippen LogP contribution in [-0.4, -0.2) is 0 Å². The Labute approximate surface area is 110 Å². The molecule has 0 aliphatic rings. The smallest absolute Gasteiger partial charge is 0.188 e. The lowest BCUT2D eigenvalue weighted by atomic mass is 9.99. The summed E-state index contributed by atoms with van der Waals surface area (Å²) in [5.41, 5.74) is 3.56. The fourth-order valence-electron chi connectivity index (χ4n) is 2.01. The van der Waals surface area contributed by atoms with Gasteiger partial charge in [0.15, 0.2) is 11.4 Å². The first-order chi connectivity index (χ1) is 8.76. The molecular formula is C16H20N2. The average molecular weight is 240 g/mol. The first kappa shape index (κ1) is 14.3. The molecule has 0 saturated heterocycles. The van der Waals surface area contributed by atoms with Crippen LogP contribution in [0.3, 0.4) is 0 Å². The second kappa shape index (κ2) is 7.51. The zero-order chi connectivity index (χ0) is 13.4. The topological polar surface area (TPSA) is 8.72 Å². The van der Waals surface area contributed by atoms with Crippen LogP contribution in [0.1, 0.15) is 50.7 Å². The van der Waals surface area contributed by atoms with Gasteiger partial charge in [-0.2, -0.15) is 0 Å². The minimum Gasteiger partial charge on any atom is -0.238 e. The minimum absolute atomic E-state index is 0.738. The molecule has 0 N–H and O–H groups in total. The molecule has 18 heavy (non-hydrogen) atoms. The quantitative estimate of drug-likeness (QED) is 0.583. The maximum absolute atomic E-state index is 7.27. The standard InChI is InChI=1S/C16H20N2/c1-5-7-9-13-11-16(18-4)14(10-8-6-2)12-15(13)17-3/h11-12H,5-10H2,1-2H3. The van der Waals surface area contributed by atoms with Gasteiger partial charge in [-0.05, 0) is 12.8 Å². The van der Waals surface area contributed by atoms with Crippen molar-refractivity contribution in [2.45, 2.75) is 52.4 Å². The van der Waals surface area contributed by atoms with Gasteiger partial charge in [0.05, 0.1) is 13.1 Å². The Hall–Kier alpha value is -1.80. The van der Waals surface area contributed by atoms with E-state index in [4.69, 9.17) is 13.1 Å². The van der Waals surface area contributed by atoms with E-state index in [1.54, 1.807) is 0 Å². The summed E-state index contributed by atoms with van der Waals surface area (Å²) < 4.78 is 0. The molecule has 1 aromatic carbocycles. The van der Waals surface area contributed by atoms with Gasteiger partial charge in [-0.15, -0.1) is 0 Å². The van der Waals surface area contributed by atoms with Crippen LogP contribution in [-0.2, 0) is 12.8 Å². The molecular weight excluding hydrogens is 220 g/mol. The van der Waals surface area contributed by atoms with Gasteiger partial charge in [0.1, 0.15) is 0 Å². The summed E-state index contributed by atoms with van der Waals surface area (Å²) in [6.07, 6.45) is 6.20. The number of nitrogens with zero attached hydrogens (tertiary/aromatic N) is 2. The maximum atomic E-state index is 7.27. The highest BCUT2D eigenvalue weighted by Crippen LogP contribution is 2.31. The molecule has 0 aromatic heterocycles. The number of aryl methyl sites for hydroxylation is 2. The Morgan fingerprint density at radius 1 is 0.833 bits per heavy atom. The lowest BCUT2D eigenvalue weighted by Gasteiger charge is -2.09. The normalized spacial score (nSPS) is 9.78. The summed E-state index contributed by atoms with van der Waals surface area (Å²) in [7, 11) is 0. The van der Waals surface area contributed by atoms with Gasteiger partial charge in [0.25, 0.3) is 0 Å². The van der Waals surface area contributed by atoms with Crippen molar-refractivity contribution in [2.24, 2.45) is 0 Å². The van der Waals surface area contributed by atoms with E-state index >= 15 is 0 Å².